The molecular weight excluding hydrogens is 480 g/mol. The molecular formula is C36H42O3. The molecule has 0 aliphatic heterocycles. The first kappa shape index (κ1) is 28.3. The van der Waals surface area contributed by atoms with Gasteiger partial charge in [-0.1, -0.05) is 76.4 Å². The molecule has 0 saturated heterocycles. The predicted octanol–water partition coefficient (Wildman–Crippen LogP) is 10.2. The first-order chi connectivity index (χ1) is 19.2. The topological polar surface area (TPSA) is 27.7 Å². The van der Waals surface area contributed by atoms with Crippen LogP contribution in [-0.2, 0) is 0 Å². The van der Waals surface area contributed by atoms with Gasteiger partial charge < -0.3 is 14.2 Å². The Balaban J connectivity index is 1.64. The first-order valence-corrected chi connectivity index (χ1v) is 14.5. The van der Waals surface area contributed by atoms with E-state index < -0.39 is 0 Å². The van der Waals surface area contributed by atoms with E-state index in [0.29, 0.717) is 0 Å². The molecule has 0 N–H and O–H groups in total. The smallest absolute Gasteiger partial charge is 0.119 e. The van der Waals surface area contributed by atoms with Crippen LogP contribution in [0.5, 0.6) is 17.2 Å². The molecule has 0 bridgehead atoms. The van der Waals surface area contributed by atoms with Crippen molar-refractivity contribution in [1.82, 2.24) is 0 Å². The zero-order chi connectivity index (χ0) is 27.3. The van der Waals surface area contributed by atoms with Gasteiger partial charge in [0, 0.05) is 0 Å². The van der Waals surface area contributed by atoms with Crippen molar-refractivity contribution >= 4 is 0 Å². The van der Waals surface area contributed by atoms with E-state index in [2.05, 4.69) is 112 Å². The average molecular weight is 523 g/mol. The van der Waals surface area contributed by atoms with Crippen LogP contribution in [0, 0.1) is 0 Å². The highest BCUT2D eigenvalue weighted by atomic mass is 16.5. The van der Waals surface area contributed by atoms with Crippen molar-refractivity contribution in [3.8, 4) is 50.6 Å². The number of rotatable bonds is 15. The van der Waals surface area contributed by atoms with Gasteiger partial charge in [-0.2, -0.15) is 0 Å². The number of benzene rings is 4. The zero-order valence-corrected chi connectivity index (χ0v) is 23.7. The Morgan fingerprint density at radius 1 is 0.359 bits per heavy atom. The molecule has 39 heavy (non-hydrogen) atoms. The maximum absolute atomic E-state index is 5.89. The highest BCUT2D eigenvalue weighted by Gasteiger charge is 2.09. The third kappa shape index (κ3) is 8.38. The minimum atomic E-state index is 0.756. The van der Waals surface area contributed by atoms with E-state index in [4.69, 9.17) is 14.2 Å². The Hall–Kier alpha value is -3.72. The SMILES string of the molecule is CCCCOc1ccc(-c2cc(-c3ccc(OCCCC)cc3)cc(-c3ccc(OCCCC)cc3)c2)cc1. The van der Waals surface area contributed by atoms with Gasteiger partial charge in [0.05, 0.1) is 19.8 Å². The lowest BCUT2D eigenvalue weighted by atomic mass is 9.93. The molecule has 0 unspecified atom stereocenters. The predicted molar refractivity (Wildman–Crippen MR) is 164 cm³/mol. The lowest BCUT2D eigenvalue weighted by Gasteiger charge is -2.13. The standard InChI is InChI=1S/C36H42O3/c1-4-7-22-37-34-16-10-28(11-17-34)31-25-32(29-12-18-35(19-13-29)38-23-8-5-2)27-33(26-31)30-14-20-36(21-15-30)39-24-9-6-3/h10-21,25-27H,4-9,22-24H2,1-3H3. The third-order valence-corrected chi connectivity index (χ3v) is 6.80. The van der Waals surface area contributed by atoms with Crippen molar-refractivity contribution in [1.29, 1.82) is 0 Å². The van der Waals surface area contributed by atoms with Gasteiger partial charge in [-0.25, -0.2) is 0 Å². The van der Waals surface area contributed by atoms with Gasteiger partial charge in [-0.3, -0.25) is 0 Å². The molecule has 3 nitrogen and oxygen atoms in total. The molecule has 4 aromatic rings. The van der Waals surface area contributed by atoms with Gasteiger partial charge >= 0.3 is 0 Å². The highest BCUT2D eigenvalue weighted by molar-refractivity contribution is 5.81. The maximum atomic E-state index is 5.89. The molecule has 0 fully saturated rings. The van der Waals surface area contributed by atoms with E-state index in [1.165, 1.54) is 33.4 Å². The van der Waals surface area contributed by atoms with Gasteiger partial charge in [0.2, 0.25) is 0 Å². The van der Waals surface area contributed by atoms with Crippen molar-refractivity contribution in [2.24, 2.45) is 0 Å². The summed E-state index contributed by atoms with van der Waals surface area (Å²) in [4.78, 5) is 0. The highest BCUT2D eigenvalue weighted by Crippen LogP contribution is 2.34. The second-order valence-corrected chi connectivity index (χ2v) is 9.98. The Morgan fingerprint density at radius 2 is 0.615 bits per heavy atom. The van der Waals surface area contributed by atoms with Crippen LogP contribution in [0.15, 0.2) is 91.0 Å². The fourth-order valence-corrected chi connectivity index (χ4v) is 4.36. The minimum Gasteiger partial charge on any atom is -0.494 e. The van der Waals surface area contributed by atoms with Gasteiger partial charge in [-0.15, -0.1) is 0 Å². The first-order valence-electron chi connectivity index (χ1n) is 14.5. The minimum absolute atomic E-state index is 0.756. The van der Waals surface area contributed by atoms with Crippen molar-refractivity contribution in [3.63, 3.8) is 0 Å². The lowest BCUT2D eigenvalue weighted by Crippen LogP contribution is -1.96. The summed E-state index contributed by atoms with van der Waals surface area (Å²) < 4.78 is 17.7. The monoisotopic (exact) mass is 522 g/mol. The molecule has 0 atom stereocenters. The summed E-state index contributed by atoms with van der Waals surface area (Å²) in [6.45, 7) is 8.80. The van der Waals surface area contributed by atoms with Crippen LogP contribution in [-0.4, -0.2) is 19.8 Å². The third-order valence-electron chi connectivity index (χ3n) is 6.80. The van der Waals surface area contributed by atoms with Gasteiger partial charge in [0.1, 0.15) is 17.2 Å². The van der Waals surface area contributed by atoms with Crippen molar-refractivity contribution < 1.29 is 14.2 Å². The summed E-state index contributed by atoms with van der Waals surface area (Å²) in [6.07, 6.45) is 6.59. The van der Waals surface area contributed by atoms with Crippen LogP contribution in [0.2, 0.25) is 0 Å². The van der Waals surface area contributed by atoms with E-state index in [-0.39, 0.29) is 0 Å². The Kier molecular flexibility index (Phi) is 10.9. The summed E-state index contributed by atoms with van der Waals surface area (Å²) in [5.74, 6) is 2.75. The molecule has 0 amide bonds. The van der Waals surface area contributed by atoms with E-state index in [1.807, 2.05) is 0 Å². The molecule has 4 aromatic carbocycles. The van der Waals surface area contributed by atoms with Crippen molar-refractivity contribution in [2.45, 2.75) is 59.3 Å². The fourth-order valence-electron chi connectivity index (χ4n) is 4.36. The number of hydrogen-bond acceptors (Lipinski definition) is 3. The van der Waals surface area contributed by atoms with Gasteiger partial charge in [0.25, 0.3) is 0 Å². The number of hydrogen-bond donors (Lipinski definition) is 0. The fraction of sp³-hybridized carbons (Fsp3) is 0.333. The van der Waals surface area contributed by atoms with Crippen LogP contribution >= 0.6 is 0 Å². The second kappa shape index (κ2) is 15.0. The van der Waals surface area contributed by atoms with Crippen LogP contribution in [0.1, 0.15) is 59.3 Å². The molecule has 0 radical (unpaired) electrons. The number of unbranched alkanes of at least 4 members (excludes halogenated alkanes) is 3. The Morgan fingerprint density at radius 3 is 0.846 bits per heavy atom. The van der Waals surface area contributed by atoms with Gasteiger partial charge in [0.15, 0.2) is 0 Å². The molecule has 0 aromatic heterocycles. The maximum Gasteiger partial charge on any atom is 0.119 e. The van der Waals surface area contributed by atoms with Crippen LogP contribution in [0.4, 0.5) is 0 Å². The van der Waals surface area contributed by atoms with Crippen LogP contribution < -0.4 is 14.2 Å². The molecule has 4 rings (SSSR count). The summed E-state index contributed by atoms with van der Waals surface area (Å²) in [5.41, 5.74) is 7.03. The molecule has 204 valence electrons. The van der Waals surface area contributed by atoms with E-state index in [0.717, 1.165) is 75.6 Å². The zero-order valence-electron chi connectivity index (χ0n) is 23.7. The molecule has 0 heterocycles. The quantitative estimate of drug-likeness (QED) is 0.145. The van der Waals surface area contributed by atoms with Crippen LogP contribution in [0.3, 0.4) is 0 Å². The summed E-state index contributed by atoms with van der Waals surface area (Å²) >= 11 is 0. The lowest BCUT2D eigenvalue weighted by molar-refractivity contribution is 0.309. The van der Waals surface area contributed by atoms with E-state index in [1.54, 1.807) is 0 Å². The Bertz CT molecular complexity index is 1090. The van der Waals surface area contributed by atoms with Gasteiger partial charge in [-0.05, 0) is 107 Å². The van der Waals surface area contributed by atoms with E-state index in [9.17, 15) is 0 Å². The van der Waals surface area contributed by atoms with Crippen molar-refractivity contribution in [2.75, 3.05) is 19.8 Å². The molecule has 0 aliphatic rings. The average Bonchev–Trinajstić information content (AvgIpc) is 2.98. The molecule has 0 saturated carbocycles. The second-order valence-electron chi connectivity index (χ2n) is 9.98. The Labute approximate surface area is 234 Å². The van der Waals surface area contributed by atoms with E-state index >= 15 is 0 Å². The summed E-state index contributed by atoms with van der Waals surface area (Å²) in [7, 11) is 0. The summed E-state index contributed by atoms with van der Waals surface area (Å²) in [5, 5.41) is 0. The largest absolute Gasteiger partial charge is 0.494 e. The number of ether oxygens (including phenoxy) is 3. The molecule has 0 aliphatic carbocycles. The summed E-state index contributed by atoms with van der Waals surface area (Å²) in [6, 6.07) is 32.2. The molecule has 0 spiro atoms. The molecule has 3 heteroatoms. The van der Waals surface area contributed by atoms with Crippen LogP contribution in [0.25, 0.3) is 33.4 Å². The van der Waals surface area contributed by atoms with Crippen molar-refractivity contribution in [3.05, 3.63) is 91.0 Å². The normalized spacial score (nSPS) is 10.8.